The van der Waals surface area contributed by atoms with E-state index < -0.39 is 10.0 Å². The number of anilines is 1. The van der Waals surface area contributed by atoms with E-state index in [1.807, 2.05) is 36.6 Å². The molecule has 0 amide bonds. The molecule has 0 fully saturated rings. The predicted molar refractivity (Wildman–Crippen MR) is 114 cm³/mol. The molecule has 0 saturated heterocycles. The van der Waals surface area contributed by atoms with E-state index in [0.717, 1.165) is 28.7 Å². The first-order valence-corrected chi connectivity index (χ1v) is 11.8. The summed E-state index contributed by atoms with van der Waals surface area (Å²) in [6.07, 6.45) is 4.52. The molecule has 148 valence electrons. The van der Waals surface area contributed by atoms with Gasteiger partial charge in [0.15, 0.2) is 5.78 Å². The van der Waals surface area contributed by atoms with Crippen molar-refractivity contribution in [3.8, 4) is 0 Å². The lowest BCUT2D eigenvalue weighted by molar-refractivity contribution is -0.116. The van der Waals surface area contributed by atoms with Gasteiger partial charge in [0.1, 0.15) is 5.76 Å². The molecule has 28 heavy (non-hydrogen) atoms. The zero-order valence-electron chi connectivity index (χ0n) is 15.8. The molecule has 2 N–H and O–H groups in total. The minimum atomic E-state index is -3.33. The summed E-state index contributed by atoms with van der Waals surface area (Å²) in [5.41, 5.74) is 2.77. The molecule has 0 bridgehead atoms. The fraction of sp³-hybridized carbons (Fsp3) is 0.286. The molecular formula is C21H23NO4S2. The number of aliphatic hydroxyl groups is 1. The fourth-order valence-corrected chi connectivity index (χ4v) is 4.80. The predicted octanol–water partition coefficient (Wildman–Crippen LogP) is 4.87. The van der Waals surface area contributed by atoms with Crippen LogP contribution in [0.15, 0.2) is 59.2 Å². The Labute approximate surface area is 169 Å². The Bertz CT molecular complexity index is 1020. The van der Waals surface area contributed by atoms with Crippen LogP contribution in [0, 0.1) is 0 Å². The number of ketones is 1. The van der Waals surface area contributed by atoms with Gasteiger partial charge in [0, 0.05) is 28.5 Å². The zero-order chi connectivity index (χ0) is 20.3. The number of hydrogen-bond donors (Lipinski definition) is 2. The van der Waals surface area contributed by atoms with Gasteiger partial charge in [-0.05, 0) is 53.6 Å². The molecule has 5 nitrogen and oxygen atoms in total. The van der Waals surface area contributed by atoms with Crippen molar-refractivity contribution < 1.29 is 18.3 Å². The van der Waals surface area contributed by atoms with Crippen molar-refractivity contribution in [2.45, 2.75) is 32.1 Å². The second-order valence-electron chi connectivity index (χ2n) is 6.87. The zero-order valence-corrected chi connectivity index (χ0v) is 17.4. The second-order valence-corrected chi connectivity index (χ2v) is 9.59. The molecule has 1 aromatic heterocycles. The van der Waals surface area contributed by atoms with E-state index >= 15 is 0 Å². The number of Topliss-reactive ketones (excluding diaryl/α,β-unsaturated/α-hetero) is 1. The van der Waals surface area contributed by atoms with Crippen LogP contribution in [0.3, 0.4) is 0 Å². The van der Waals surface area contributed by atoms with E-state index in [-0.39, 0.29) is 17.5 Å². The van der Waals surface area contributed by atoms with Gasteiger partial charge < -0.3 is 5.11 Å². The highest BCUT2D eigenvalue weighted by Crippen LogP contribution is 2.42. The van der Waals surface area contributed by atoms with Crippen molar-refractivity contribution in [3.05, 3.63) is 69.6 Å². The SMILES string of the molecule is CCCC(=O)C1=C(O)C=C(c2ccc(NS(C)(=O)=O)cc2)C[C@@H]1c1cccs1. The molecule has 1 heterocycles. The van der Waals surface area contributed by atoms with Crippen LogP contribution < -0.4 is 4.72 Å². The van der Waals surface area contributed by atoms with E-state index in [2.05, 4.69) is 4.72 Å². The van der Waals surface area contributed by atoms with Crippen molar-refractivity contribution in [1.82, 2.24) is 0 Å². The number of hydrogen-bond acceptors (Lipinski definition) is 5. The maximum absolute atomic E-state index is 12.6. The van der Waals surface area contributed by atoms with Crippen molar-refractivity contribution in [3.63, 3.8) is 0 Å². The van der Waals surface area contributed by atoms with E-state index in [1.165, 1.54) is 0 Å². The number of allylic oxidation sites excluding steroid dienone is 3. The van der Waals surface area contributed by atoms with Gasteiger partial charge in [0.2, 0.25) is 10.0 Å². The third-order valence-corrected chi connectivity index (χ3v) is 6.17. The summed E-state index contributed by atoms with van der Waals surface area (Å²) >= 11 is 1.58. The van der Waals surface area contributed by atoms with Gasteiger partial charge in [-0.3, -0.25) is 9.52 Å². The van der Waals surface area contributed by atoms with Gasteiger partial charge in [0.05, 0.1) is 6.26 Å². The van der Waals surface area contributed by atoms with Crippen LogP contribution in [0.5, 0.6) is 0 Å². The summed E-state index contributed by atoms with van der Waals surface area (Å²) in [5.74, 6) is -0.161. The Morgan fingerprint density at radius 2 is 1.96 bits per heavy atom. The molecule has 1 aliphatic carbocycles. The van der Waals surface area contributed by atoms with Crippen molar-refractivity contribution in [2.24, 2.45) is 0 Å². The average Bonchev–Trinajstić information content (AvgIpc) is 3.15. The van der Waals surface area contributed by atoms with Crippen LogP contribution in [-0.2, 0) is 14.8 Å². The minimum absolute atomic E-state index is 0.0126. The van der Waals surface area contributed by atoms with Crippen LogP contribution in [0.25, 0.3) is 5.57 Å². The van der Waals surface area contributed by atoms with Crippen LogP contribution in [0.2, 0.25) is 0 Å². The average molecular weight is 418 g/mol. The Morgan fingerprint density at radius 3 is 2.54 bits per heavy atom. The Balaban J connectivity index is 1.96. The minimum Gasteiger partial charge on any atom is -0.508 e. The molecule has 0 saturated carbocycles. The topological polar surface area (TPSA) is 83.5 Å². The van der Waals surface area contributed by atoms with Crippen LogP contribution in [0.1, 0.15) is 42.5 Å². The van der Waals surface area contributed by atoms with Crippen LogP contribution in [-0.4, -0.2) is 25.6 Å². The number of aliphatic hydroxyl groups excluding tert-OH is 1. The largest absolute Gasteiger partial charge is 0.508 e. The molecule has 7 heteroatoms. The molecule has 1 atom stereocenters. The van der Waals surface area contributed by atoms with E-state index in [9.17, 15) is 18.3 Å². The van der Waals surface area contributed by atoms with Gasteiger partial charge in [-0.25, -0.2) is 8.42 Å². The quantitative estimate of drug-likeness (QED) is 0.673. The van der Waals surface area contributed by atoms with Crippen molar-refractivity contribution in [2.75, 3.05) is 11.0 Å². The van der Waals surface area contributed by atoms with Gasteiger partial charge in [0.25, 0.3) is 0 Å². The Kier molecular flexibility index (Phi) is 6.05. The summed E-state index contributed by atoms with van der Waals surface area (Å²) in [5, 5.41) is 12.6. The van der Waals surface area contributed by atoms with Gasteiger partial charge >= 0.3 is 0 Å². The fourth-order valence-electron chi connectivity index (χ4n) is 3.40. The molecule has 3 rings (SSSR count). The molecule has 0 unspecified atom stereocenters. The number of sulfonamides is 1. The number of carbonyl (C=O) groups excluding carboxylic acids is 1. The highest BCUT2D eigenvalue weighted by Gasteiger charge is 2.30. The lowest BCUT2D eigenvalue weighted by Crippen LogP contribution is -2.17. The van der Waals surface area contributed by atoms with Crippen LogP contribution >= 0.6 is 11.3 Å². The number of nitrogens with one attached hydrogen (secondary N) is 1. The lowest BCUT2D eigenvalue weighted by atomic mass is 9.80. The summed E-state index contributed by atoms with van der Waals surface area (Å²) in [7, 11) is -3.33. The normalized spacial score (nSPS) is 17.4. The summed E-state index contributed by atoms with van der Waals surface area (Å²) in [6.45, 7) is 1.95. The second kappa shape index (κ2) is 8.32. The molecular weight excluding hydrogens is 394 g/mol. The summed E-state index contributed by atoms with van der Waals surface area (Å²) < 4.78 is 25.2. The number of rotatable bonds is 7. The molecule has 0 aliphatic heterocycles. The first-order valence-electron chi connectivity index (χ1n) is 9.07. The molecule has 2 aromatic rings. The number of carbonyl (C=O) groups is 1. The maximum atomic E-state index is 12.6. The van der Waals surface area contributed by atoms with E-state index in [0.29, 0.717) is 24.1 Å². The molecule has 1 aromatic carbocycles. The van der Waals surface area contributed by atoms with Crippen LogP contribution in [0.4, 0.5) is 5.69 Å². The first kappa shape index (κ1) is 20.4. The monoisotopic (exact) mass is 417 g/mol. The number of thiophene rings is 1. The molecule has 0 radical (unpaired) electrons. The summed E-state index contributed by atoms with van der Waals surface area (Å²) in [4.78, 5) is 13.7. The Morgan fingerprint density at radius 1 is 1.25 bits per heavy atom. The van der Waals surface area contributed by atoms with Gasteiger partial charge in [-0.2, -0.15) is 0 Å². The highest BCUT2D eigenvalue weighted by molar-refractivity contribution is 7.92. The molecule has 0 spiro atoms. The lowest BCUT2D eigenvalue weighted by Gasteiger charge is -2.25. The van der Waals surface area contributed by atoms with E-state index in [4.69, 9.17) is 0 Å². The van der Waals surface area contributed by atoms with Gasteiger partial charge in [-0.1, -0.05) is 25.1 Å². The van der Waals surface area contributed by atoms with Gasteiger partial charge in [-0.15, -0.1) is 11.3 Å². The maximum Gasteiger partial charge on any atom is 0.229 e. The third kappa shape index (κ3) is 4.72. The highest BCUT2D eigenvalue weighted by atomic mass is 32.2. The number of benzene rings is 1. The first-order chi connectivity index (χ1) is 13.3. The third-order valence-electron chi connectivity index (χ3n) is 4.58. The van der Waals surface area contributed by atoms with E-state index in [1.54, 1.807) is 29.5 Å². The van der Waals surface area contributed by atoms with Crippen molar-refractivity contribution >= 4 is 38.4 Å². The molecule has 1 aliphatic rings. The standard InChI is InChI=1S/C21H23NO4S2/c1-3-5-18(23)21-17(20-6-4-11-27-20)12-15(13-19(21)24)14-7-9-16(10-8-14)22-28(2,25)26/h4,6-11,13,17,22,24H,3,5,12H2,1-2H3/t17-/m1/s1. The smallest absolute Gasteiger partial charge is 0.229 e. The Hall–Kier alpha value is -2.38. The summed E-state index contributed by atoms with van der Waals surface area (Å²) in [6, 6.07) is 11.0. The van der Waals surface area contributed by atoms with Crippen molar-refractivity contribution in [1.29, 1.82) is 0 Å².